The molecular weight excluding hydrogens is 470 g/mol. The summed E-state index contributed by atoms with van der Waals surface area (Å²) in [5, 5.41) is 0. The third-order valence-electron chi connectivity index (χ3n) is 0.917. The van der Waals surface area contributed by atoms with E-state index in [4.69, 9.17) is 4.55 Å². The molecule has 0 amide bonds. The maximum atomic E-state index is 10.4. The fourth-order valence-corrected chi connectivity index (χ4v) is 1.86. The molecule has 1 N–H and O–H groups in total. The van der Waals surface area contributed by atoms with Crippen LogP contribution in [-0.4, -0.2) is 39.1 Å². The molecule has 0 aromatic rings. The van der Waals surface area contributed by atoms with E-state index in [1.54, 1.807) is 0 Å². The smallest absolute Gasteiger partial charge is 0.264 e. The van der Waals surface area contributed by atoms with E-state index in [1.165, 1.54) is 0 Å². The quantitative estimate of drug-likeness (QED) is 0.539. The molecular formula is C4H10MtO5S2. The normalized spacial score (nSPS) is 12.2. The number of sulfone groups is 1. The van der Waals surface area contributed by atoms with Crippen molar-refractivity contribution in [2.24, 2.45) is 0 Å². The predicted molar refractivity (Wildman–Crippen MR) is 40.7 cm³/mol. The first-order valence-corrected chi connectivity index (χ1v) is 6.50. The molecule has 0 atom stereocenters. The van der Waals surface area contributed by atoms with Crippen molar-refractivity contribution in [3.8, 4) is 0 Å². The van der Waals surface area contributed by atoms with Crippen LogP contribution in [0.15, 0.2) is 0 Å². The van der Waals surface area contributed by atoms with Crippen LogP contribution in [0.2, 0.25) is 0 Å². The number of rotatable bonds is 4. The minimum Gasteiger partial charge on any atom is -0.286 e. The van der Waals surface area contributed by atoms with Gasteiger partial charge in [-0.3, -0.25) is 4.55 Å². The second kappa shape index (κ2) is 4.03. The van der Waals surface area contributed by atoms with E-state index in [1.807, 2.05) is 0 Å². The van der Waals surface area contributed by atoms with Crippen LogP contribution < -0.4 is 0 Å². The summed E-state index contributed by atoms with van der Waals surface area (Å²) >= 11 is 0. The van der Waals surface area contributed by atoms with Crippen molar-refractivity contribution in [1.29, 1.82) is 0 Å². The third kappa shape index (κ3) is 11.6. The predicted octanol–water partition coefficient (Wildman–Crippen LogP) is -0.691. The van der Waals surface area contributed by atoms with Gasteiger partial charge in [-0.25, -0.2) is 8.42 Å². The van der Waals surface area contributed by atoms with Crippen LogP contribution in [-0.2, 0) is 20.0 Å². The average molecular weight is 480 g/mol. The SMILES string of the molecule is CS(=O)(=O)CCCS(=O)(=O)O.[Mt]. The van der Waals surface area contributed by atoms with E-state index in [-0.39, 0.29) is 12.2 Å². The van der Waals surface area contributed by atoms with Gasteiger partial charge in [0.15, 0.2) is 0 Å². The van der Waals surface area contributed by atoms with Gasteiger partial charge in [0.2, 0.25) is 0 Å². The summed E-state index contributed by atoms with van der Waals surface area (Å²) in [5.74, 6) is -0.715. The number of hydrogen-bond donors (Lipinski definition) is 1. The Morgan fingerprint density at radius 2 is 1.50 bits per heavy atom. The minimum absolute atomic E-state index is 0. The Balaban J connectivity index is 0. The topological polar surface area (TPSA) is 88.5 Å². The van der Waals surface area contributed by atoms with Crippen LogP contribution in [0.5, 0.6) is 0 Å². The zero-order valence-corrected chi connectivity index (χ0v) is 14.9. The fourth-order valence-electron chi connectivity index (χ4n) is 0.504. The van der Waals surface area contributed by atoms with Crippen LogP contribution in [0.4, 0.5) is 0 Å². The summed E-state index contributed by atoms with van der Waals surface area (Å²) in [6.45, 7) is 0. The summed E-state index contributed by atoms with van der Waals surface area (Å²) < 4.78 is 49.2. The molecule has 8 heteroatoms. The Morgan fingerprint density at radius 3 is 1.75 bits per heavy atom. The molecule has 70 valence electrons. The zero-order valence-electron chi connectivity index (χ0n) is 6.73. The minimum atomic E-state index is -4.01. The second-order valence-corrected chi connectivity index (χ2v) is 6.10. The summed E-state index contributed by atoms with van der Waals surface area (Å²) in [6, 6.07) is 0. The fraction of sp³-hybridized carbons (Fsp3) is 1.00. The first-order chi connectivity index (χ1) is 4.71. The first kappa shape index (κ1) is 13.4. The molecule has 0 aliphatic heterocycles. The van der Waals surface area contributed by atoms with Crippen molar-refractivity contribution in [1.82, 2.24) is 0 Å². The molecule has 0 unspecified atom stereocenters. The van der Waals surface area contributed by atoms with Gasteiger partial charge in [-0.15, -0.1) is 0 Å². The van der Waals surface area contributed by atoms with Crippen molar-refractivity contribution in [3.63, 3.8) is 0 Å². The van der Waals surface area contributed by atoms with E-state index >= 15 is 0 Å². The average Bonchev–Trinajstić information content (AvgIpc) is 1.55. The molecule has 0 aromatic heterocycles. The Kier molecular flexibility index (Phi) is 4.52. The van der Waals surface area contributed by atoms with Crippen molar-refractivity contribution in [2.45, 2.75) is 6.42 Å². The first-order valence-electron chi connectivity index (χ1n) is 2.83. The molecule has 0 heterocycles. The summed E-state index contributed by atoms with van der Waals surface area (Å²) in [7, 11) is -7.13. The van der Waals surface area contributed by atoms with Crippen LogP contribution in [0.25, 0.3) is 0 Å². The molecule has 0 saturated heterocycles. The van der Waals surface area contributed by atoms with Gasteiger partial charge < -0.3 is 0 Å². The maximum absolute atomic E-state index is 10.4. The van der Waals surface area contributed by atoms with Gasteiger partial charge in [0, 0.05) is 6.26 Å². The van der Waals surface area contributed by atoms with Crippen LogP contribution in [0.3, 0.4) is 0 Å². The van der Waals surface area contributed by atoms with Crippen LogP contribution in [0, 0.1) is 0 Å². The van der Waals surface area contributed by atoms with E-state index in [0.717, 1.165) is 6.26 Å². The molecule has 0 aliphatic rings. The number of hydrogen-bond acceptors (Lipinski definition) is 4. The van der Waals surface area contributed by atoms with Gasteiger partial charge in [-0.1, -0.05) is 0 Å². The van der Waals surface area contributed by atoms with Gasteiger partial charge in [0.1, 0.15) is 9.84 Å². The largest absolute Gasteiger partial charge is 0.286 e. The van der Waals surface area contributed by atoms with Crippen LogP contribution in [0.1, 0.15) is 6.42 Å². The molecule has 0 saturated carbocycles. The van der Waals surface area contributed by atoms with Crippen molar-refractivity contribution in [3.05, 3.63) is 0 Å². The molecule has 0 bridgehead atoms. The summed E-state index contributed by atoms with van der Waals surface area (Å²) in [4.78, 5) is 0. The van der Waals surface area contributed by atoms with Gasteiger partial charge in [0.25, 0.3) is 10.1 Å². The van der Waals surface area contributed by atoms with Gasteiger partial charge in [-0.2, -0.15) is 8.42 Å². The molecule has 5 nitrogen and oxygen atoms in total. The van der Waals surface area contributed by atoms with Crippen LogP contribution >= 0.6 is 0 Å². The molecule has 0 aromatic carbocycles. The Hall–Kier alpha value is -1.14. The standard InChI is InChI=1S/C4H10O5S2.Mt/c1-10(5,6)3-2-4-11(7,8)9;/h2-4H2,1H3,(H,7,8,9);. The van der Waals surface area contributed by atoms with E-state index in [9.17, 15) is 16.8 Å². The molecule has 0 rings (SSSR count). The van der Waals surface area contributed by atoms with Gasteiger partial charge in [0.05, 0.1) is 11.5 Å². The molecule has 0 aliphatic carbocycles. The van der Waals surface area contributed by atoms with Crippen molar-refractivity contribution >= 4 is 20.0 Å². The van der Waals surface area contributed by atoms with E-state index < -0.39 is 25.7 Å². The third-order valence-corrected chi connectivity index (χ3v) is 2.75. The Labute approximate surface area is 66.1 Å². The Morgan fingerprint density at radius 1 is 1.08 bits per heavy atom. The monoisotopic (exact) mass is 480 g/mol. The van der Waals surface area contributed by atoms with E-state index in [2.05, 4.69) is 0 Å². The zero-order chi connectivity index (χ0) is 9.12. The van der Waals surface area contributed by atoms with Gasteiger partial charge in [-0.05, 0) is 6.42 Å². The van der Waals surface area contributed by atoms with Gasteiger partial charge >= 0.3 is 0 Å². The second-order valence-electron chi connectivity index (χ2n) is 2.27. The molecule has 0 fully saturated rings. The molecule has 12 heavy (non-hydrogen) atoms. The molecule has 0 radical (unpaired) electrons. The van der Waals surface area contributed by atoms with Crippen molar-refractivity contribution < 1.29 is 21.4 Å². The summed E-state index contributed by atoms with van der Waals surface area (Å²) in [6.07, 6.45) is 0.953. The molecule has 0 spiro atoms. The van der Waals surface area contributed by atoms with E-state index in [0.29, 0.717) is 0 Å². The summed E-state index contributed by atoms with van der Waals surface area (Å²) in [5.41, 5.74) is 0. The Bertz CT molecular complexity index is 270. The van der Waals surface area contributed by atoms with Crippen molar-refractivity contribution in [2.75, 3.05) is 17.8 Å². The maximum Gasteiger partial charge on any atom is 0.264 e.